The molecule has 2 aromatic rings. The Kier molecular flexibility index (Phi) is 5.24. The van der Waals surface area contributed by atoms with E-state index in [2.05, 4.69) is 37.2 Å². The zero-order valence-electron chi connectivity index (χ0n) is 10.7. The third-order valence-electron chi connectivity index (χ3n) is 2.80. The summed E-state index contributed by atoms with van der Waals surface area (Å²) in [7, 11) is 0. The van der Waals surface area contributed by atoms with Crippen molar-refractivity contribution in [2.24, 2.45) is 0 Å². The van der Waals surface area contributed by atoms with Crippen molar-refractivity contribution in [3.8, 4) is 0 Å². The maximum absolute atomic E-state index is 12.0. The molecule has 2 aromatic carbocycles. The van der Waals surface area contributed by atoms with E-state index in [1.807, 2.05) is 37.3 Å². The first-order valence-corrected chi connectivity index (χ1v) is 7.92. The van der Waals surface area contributed by atoms with Crippen LogP contribution in [0.4, 0.5) is 5.69 Å². The molecule has 0 atom stereocenters. The summed E-state index contributed by atoms with van der Waals surface area (Å²) < 4.78 is 1.82. The Bertz CT molecular complexity index is 641. The van der Waals surface area contributed by atoms with Gasteiger partial charge in [-0.3, -0.25) is 4.79 Å². The number of anilines is 1. The lowest BCUT2D eigenvalue weighted by Gasteiger charge is -2.09. The van der Waals surface area contributed by atoms with E-state index >= 15 is 0 Å². The molecule has 104 valence electrons. The molecule has 0 aromatic heterocycles. The average molecular weight is 418 g/mol. The second-order valence-corrected chi connectivity index (χ2v) is 6.61. The molecule has 0 bridgehead atoms. The van der Waals surface area contributed by atoms with Crippen molar-refractivity contribution in [2.75, 3.05) is 5.32 Å². The van der Waals surface area contributed by atoms with Gasteiger partial charge in [-0.05, 0) is 58.2 Å². The number of rotatable bonds is 3. The molecular weight excluding hydrogens is 405 g/mol. The normalized spacial score (nSPS) is 10.4. The number of carbonyl (C=O) groups excluding carboxylic acids is 1. The average Bonchev–Trinajstić information content (AvgIpc) is 2.39. The van der Waals surface area contributed by atoms with Gasteiger partial charge in [-0.15, -0.1) is 0 Å². The minimum atomic E-state index is -0.0760. The molecule has 0 aliphatic heterocycles. The molecule has 1 amide bonds. The van der Waals surface area contributed by atoms with Crippen LogP contribution in [0, 0.1) is 6.92 Å². The van der Waals surface area contributed by atoms with Crippen LogP contribution < -0.4 is 5.32 Å². The molecule has 0 fully saturated rings. The molecule has 5 heteroatoms. The Morgan fingerprint density at radius 3 is 2.50 bits per heavy atom. The summed E-state index contributed by atoms with van der Waals surface area (Å²) in [6, 6.07) is 11.3. The van der Waals surface area contributed by atoms with E-state index in [-0.39, 0.29) is 5.91 Å². The number of benzene rings is 2. The van der Waals surface area contributed by atoms with Crippen LogP contribution in [0.2, 0.25) is 5.02 Å². The lowest BCUT2D eigenvalue weighted by molar-refractivity contribution is -0.115. The Morgan fingerprint density at radius 1 is 1.20 bits per heavy atom. The number of amides is 1. The van der Waals surface area contributed by atoms with Gasteiger partial charge in [0.1, 0.15) is 0 Å². The summed E-state index contributed by atoms with van der Waals surface area (Å²) in [6.45, 7) is 1.92. The van der Waals surface area contributed by atoms with E-state index < -0.39 is 0 Å². The molecule has 0 aliphatic carbocycles. The molecule has 1 N–H and O–H groups in total. The summed E-state index contributed by atoms with van der Waals surface area (Å²) >= 11 is 12.9. The standard InChI is InChI=1S/C15H12Br2ClNO/c1-9-6-12(17)14(8-13(9)18)19-15(20)7-10-2-4-11(16)5-3-10/h2-6,8H,7H2,1H3,(H,19,20). The van der Waals surface area contributed by atoms with Gasteiger partial charge in [0.25, 0.3) is 0 Å². The topological polar surface area (TPSA) is 29.1 Å². The number of halogens is 3. The number of nitrogens with one attached hydrogen (secondary N) is 1. The molecule has 0 saturated carbocycles. The highest BCUT2D eigenvalue weighted by Crippen LogP contribution is 2.29. The molecule has 0 aliphatic rings. The number of hydrogen-bond donors (Lipinski definition) is 1. The highest BCUT2D eigenvalue weighted by Gasteiger charge is 2.09. The molecule has 0 heterocycles. The van der Waals surface area contributed by atoms with E-state index in [0.29, 0.717) is 17.1 Å². The Balaban J connectivity index is 2.08. The first-order valence-electron chi connectivity index (χ1n) is 5.95. The smallest absolute Gasteiger partial charge is 0.228 e. The van der Waals surface area contributed by atoms with Crippen LogP contribution in [0.5, 0.6) is 0 Å². The first-order chi connectivity index (χ1) is 9.45. The van der Waals surface area contributed by atoms with Crippen LogP contribution in [0.25, 0.3) is 0 Å². The van der Waals surface area contributed by atoms with Crippen molar-refractivity contribution < 1.29 is 4.79 Å². The van der Waals surface area contributed by atoms with Crippen molar-refractivity contribution in [3.05, 3.63) is 61.5 Å². The monoisotopic (exact) mass is 415 g/mol. The molecule has 0 radical (unpaired) electrons. The highest BCUT2D eigenvalue weighted by atomic mass is 79.9. The molecule has 20 heavy (non-hydrogen) atoms. The minimum Gasteiger partial charge on any atom is -0.325 e. The summed E-state index contributed by atoms with van der Waals surface area (Å²) in [5.74, 6) is -0.0760. The predicted molar refractivity (Wildman–Crippen MR) is 90.4 cm³/mol. The molecule has 0 spiro atoms. The summed E-state index contributed by atoms with van der Waals surface area (Å²) in [6.07, 6.45) is 0.325. The van der Waals surface area contributed by atoms with E-state index in [0.717, 1.165) is 20.1 Å². The van der Waals surface area contributed by atoms with Crippen molar-refractivity contribution in [2.45, 2.75) is 13.3 Å². The van der Waals surface area contributed by atoms with Gasteiger partial charge in [-0.1, -0.05) is 39.7 Å². The van der Waals surface area contributed by atoms with Gasteiger partial charge in [0, 0.05) is 14.0 Å². The third kappa shape index (κ3) is 4.08. The summed E-state index contributed by atoms with van der Waals surface area (Å²) in [5, 5.41) is 3.49. The van der Waals surface area contributed by atoms with Crippen LogP contribution in [0.3, 0.4) is 0 Å². The fraction of sp³-hybridized carbons (Fsp3) is 0.133. The summed E-state index contributed by atoms with van der Waals surface area (Å²) in [4.78, 5) is 12.0. The number of hydrogen-bond acceptors (Lipinski definition) is 1. The molecule has 2 rings (SSSR count). The van der Waals surface area contributed by atoms with E-state index in [1.165, 1.54) is 0 Å². The summed E-state index contributed by atoms with van der Waals surface area (Å²) in [5.41, 5.74) is 2.60. The van der Waals surface area contributed by atoms with Gasteiger partial charge in [0.2, 0.25) is 5.91 Å². The fourth-order valence-corrected chi connectivity index (χ4v) is 2.71. The number of carbonyl (C=O) groups is 1. The van der Waals surface area contributed by atoms with Gasteiger partial charge < -0.3 is 5.32 Å². The van der Waals surface area contributed by atoms with Gasteiger partial charge >= 0.3 is 0 Å². The third-order valence-corrected chi connectivity index (χ3v) is 4.39. The van der Waals surface area contributed by atoms with E-state index in [4.69, 9.17) is 11.6 Å². The predicted octanol–water partition coefficient (Wildman–Crippen LogP) is 5.35. The van der Waals surface area contributed by atoms with Crippen LogP contribution >= 0.6 is 43.5 Å². The highest BCUT2D eigenvalue weighted by molar-refractivity contribution is 9.10. The van der Waals surface area contributed by atoms with Crippen LogP contribution in [0.1, 0.15) is 11.1 Å². The van der Waals surface area contributed by atoms with Crippen LogP contribution in [-0.4, -0.2) is 5.91 Å². The Labute approximate surface area is 139 Å². The van der Waals surface area contributed by atoms with Crippen LogP contribution in [0.15, 0.2) is 45.3 Å². The lowest BCUT2D eigenvalue weighted by Crippen LogP contribution is -2.14. The Hall–Kier alpha value is -0.840. The minimum absolute atomic E-state index is 0.0760. The van der Waals surface area contributed by atoms with Crippen molar-refractivity contribution >= 4 is 55.1 Å². The maximum Gasteiger partial charge on any atom is 0.228 e. The second kappa shape index (κ2) is 6.74. The zero-order valence-corrected chi connectivity index (χ0v) is 14.6. The lowest BCUT2D eigenvalue weighted by atomic mass is 10.1. The molecule has 0 saturated heterocycles. The van der Waals surface area contributed by atoms with Crippen molar-refractivity contribution in [1.29, 1.82) is 0 Å². The number of aryl methyl sites for hydroxylation is 1. The quantitative estimate of drug-likeness (QED) is 0.716. The molecule has 0 unspecified atom stereocenters. The van der Waals surface area contributed by atoms with E-state index in [1.54, 1.807) is 6.07 Å². The first kappa shape index (κ1) is 15.5. The van der Waals surface area contributed by atoms with Crippen molar-refractivity contribution in [3.63, 3.8) is 0 Å². The maximum atomic E-state index is 12.0. The Morgan fingerprint density at radius 2 is 1.85 bits per heavy atom. The fourth-order valence-electron chi connectivity index (χ4n) is 1.72. The van der Waals surface area contributed by atoms with Crippen molar-refractivity contribution in [1.82, 2.24) is 0 Å². The second-order valence-electron chi connectivity index (χ2n) is 4.43. The van der Waals surface area contributed by atoms with Gasteiger partial charge in [-0.2, -0.15) is 0 Å². The van der Waals surface area contributed by atoms with Crippen LogP contribution in [-0.2, 0) is 11.2 Å². The SMILES string of the molecule is Cc1cc(Br)c(NC(=O)Cc2ccc(Br)cc2)cc1Cl. The molecular formula is C15H12Br2ClNO. The zero-order chi connectivity index (χ0) is 14.7. The van der Waals surface area contributed by atoms with E-state index in [9.17, 15) is 4.79 Å². The van der Waals surface area contributed by atoms with Gasteiger partial charge in [-0.25, -0.2) is 0 Å². The molecule has 2 nitrogen and oxygen atoms in total. The largest absolute Gasteiger partial charge is 0.325 e. The van der Waals surface area contributed by atoms with Gasteiger partial charge in [0.15, 0.2) is 0 Å². The van der Waals surface area contributed by atoms with Gasteiger partial charge in [0.05, 0.1) is 12.1 Å².